The number of hydrogen-bond donors (Lipinski definition) is 3. The number of carbonyl (C=O) groups excluding carboxylic acids is 2. The van der Waals surface area contributed by atoms with Crippen LogP contribution in [-0.2, 0) is 47.0 Å². The molecule has 2 aliphatic rings. The van der Waals surface area contributed by atoms with Gasteiger partial charge in [-0.05, 0) is 71.2 Å². The molecule has 9 rings (SSSR count). The van der Waals surface area contributed by atoms with Gasteiger partial charge in [-0.25, -0.2) is 23.7 Å². The highest BCUT2D eigenvalue weighted by Crippen LogP contribution is 2.60. The van der Waals surface area contributed by atoms with Crippen molar-refractivity contribution in [2.45, 2.75) is 93.6 Å². The molecule has 2 fully saturated rings. The molecular weight excluding hydrogens is 1120 g/mol. The van der Waals surface area contributed by atoms with Crippen molar-refractivity contribution in [3.8, 4) is 5.75 Å². The van der Waals surface area contributed by atoms with Crippen molar-refractivity contribution in [1.29, 1.82) is 0 Å². The Morgan fingerprint density at radius 2 is 1.05 bits per heavy atom. The van der Waals surface area contributed by atoms with Crippen LogP contribution in [0.25, 0.3) is 0 Å². The SMILES string of the molecule is COc1ccc(C(OC[C@H]2O[C@@H](n3ccc(=O)[nH]c3=O)[C@H](O[Si](C)(C)C(C)(C)C)[C@@H]2OP(=O)(O)SOC[C@H]2O[C@@H](n3ccc(=O)[nH]c3=O)[C@H](OC(=O)c3ccccc3)[C@@H]2OC(=O)c2ccccc2)(c2ccccc2)c2ccccc2)cc1. The predicted molar refractivity (Wildman–Crippen MR) is 304 cm³/mol. The van der Waals surface area contributed by atoms with Crippen LogP contribution < -0.4 is 27.2 Å². The van der Waals surface area contributed by atoms with E-state index in [1.807, 2.05) is 107 Å². The van der Waals surface area contributed by atoms with Crippen LogP contribution in [0.1, 0.15) is 70.6 Å². The molecule has 0 saturated carbocycles. The number of aromatic amines is 2. The normalized spacial score (nSPS) is 21.8. The summed E-state index contributed by atoms with van der Waals surface area (Å²) in [6.45, 7) is 3.65. The summed E-state index contributed by atoms with van der Waals surface area (Å²) in [5.74, 6) is -1.18. The Morgan fingerprint density at radius 3 is 1.51 bits per heavy atom. The van der Waals surface area contributed by atoms with Crippen LogP contribution in [0.2, 0.25) is 18.1 Å². The van der Waals surface area contributed by atoms with Gasteiger partial charge in [-0.1, -0.05) is 130 Å². The zero-order valence-corrected chi connectivity index (χ0v) is 48.1. The molecule has 0 bridgehead atoms. The summed E-state index contributed by atoms with van der Waals surface area (Å²) in [5.41, 5.74) is -2.35. The Labute approximate surface area is 475 Å². The molecule has 3 N–H and O–H groups in total. The fourth-order valence-electron chi connectivity index (χ4n) is 9.42. The third kappa shape index (κ3) is 13.1. The van der Waals surface area contributed by atoms with Crippen LogP contribution in [0.5, 0.6) is 5.75 Å². The largest absolute Gasteiger partial charge is 0.497 e. The Hall–Kier alpha value is -7.28. The predicted octanol–water partition coefficient (Wildman–Crippen LogP) is 7.89. The first kappa shape index (κ1) is 59.3. The second-order valence-corrected chi connectivity index (χ2v) is 29.0. The minimum Gasteiger partial charge on any atom is -0.497 e. The summed E-state index contributed by atoms with van der Waals surface area (Å²) in [4.78, 5) is 96.0. The van der Waals surface area contributed by atoms with Crippen LogP contribution >= 0.6 is 18.5 Å². The lowest BCUT2D eigenvalue weighted by atomic mass is 9.80. The molecule has 430 valence electrons. The van der Waals surface area contributed by atoms with Crippen LogP contribution in [0.4, 0.5) is 0 Å². The molecule has 82 heavy (non-hydrogen) atoms. The molecule has 7 aromatic rings. The van der Waals surface area contributed by atoms with Crippen molar-refractivity contribution in [2.75, 3.05) is 20.3 Å². The number of esters is 2. The molecule has 0 amide bonds. The lowest BCUT2D eigenvalue weighted by molar-refractivity contribution is -0.0939. The molecule has 0 radical (unpaired) electrons. The first-order valence-electron chi connectivity index (χ1n) is 26.0. The second-order valence-electron chi connectivity index (χ2n) is 20.8. The summed E-state index contributed by atoms with van der Waals surface area (Å²) in [6.07, 6.45) is -9.38. The van der Waals surface area contributed by atoms with Crippen molar-refractivity contribution >= 4 is 38.7 Å². The Morgan fingerprint density at radius 1 is 0.610 bits per heavy atom. The number of carbonyl (C=O) groups is 2. The van der Waals surface area contributed by atoms with Crippen molar-refractivity contribution in [1.82, 2.24) is 19.1 Å². The first-order valence-corrected chi connectivity index (χ1v) is 31.9. The number of benzene rings is 5. The maximum atomic E-state index is 14.9. The minimum absolute atomic E-state index is 0.00746. The molecule has 2 aromatic heterocycles. The number of H-pyrrole nitrogens is 2. The van der Waals surface area contributed by atoms with Gasteiger partial charge in [0.2, 0.25) is 0 Å². The third-order valence-electron chi connectivity index (χ3n) is 14.5. The van der Waals surface area contributed by atoms with Crippen molar-refractivity contribution in [3.05, 3.63) is 240 Å². The van der Waals surface area contributed by atoms with Crippen molar-refractivity contribution < 1.29 is 60.6 Å². The van der Waals surface area contributed by atoms with E-state index in [-0.39, 0.29) is 29.4 Å². The van der Waals surface area contributed by atoms with Gasteiger partial charge in [0.25, 0.3) is 11.1 Å². The lowest BCUT2D eigenvalue weighted by Gasteiger charge is -2.41. The monoisotopic (exact) mass is 1180 g/mol. The van der Waals surface area contributed by atoms with Crippen LogP contribution in [-0.4, -0.2) is 101 Å². The maximum absolute atomic E-state index is 14.9. The minimum atomic E-state index is -5.13. The number of aromatic nitrogens is 4. The van der Waals surface area contributed by atoms with E-state index in [4.69, 9.17) is 41.6 Å². The van der Waals surface area contributed by atoms with E-state index in [0.29, 0.717) is 22.4 Å². The van der Waals surface area contributed by atoms with Gasteiger partial charge in [0.1, 0.15) is 47.4 Å². The number of nitrogens with one attached hydrogen (secondary N) is 2. The Bertz CT molecular complexity index is 3580. The van der Waals surface area contributed by atoms with Crippen LogP contribution in [0, 0.1) is 0 Å². The maximum Gasteiger partial charge on any atom is 0.413 e. The van der Waals surface area contributed by atoms with E-state index in [2.05, 4.69) is 9.97 Å². The summed E-state index contributed by atoms with van der Waals surface area (Å²) in [7, 11) is -1.41. The summed E-state index contributed by atoms with van der Waals surface area (Å²) in [5, 5.41) is -0.481. The molecule has 5 aromatic carbocycles. The zero-order valence-electron chi connectivity index (χ0n) is 45.4. The average molecular weight is 1180 g/mol. The summed E-state index contributed by atoms with van der Waals surface area (Å²) < 4.78 is 74.1. The molecule has 4 heterocycles. The third-order valence-corrected chi connectivity index (χ3v) is 21.1. The molecule has 1 unspecified atom stereocenters. The summed E-state index contributed by atoms with van der Waals surface area (Å²) >= 11 is 0.00746. The zero-order chi connectivity index (χ0) is 58.4. The molecule has 24 heteroatoms. The van der Waals surface area contributed by atoms with E-state index in [1.54, 1.807) is 55.6 Å². The molecule has 2 saturated heterocycles. The van der Waals surface area contributed by atoms with Crippen LogP contribution in [0.3, 0.4) is 0 Å². The Balaban J connectivity index is 1.08. The van der Waals surface area contributed by atoms with E-state index in [0.717, 1.165) is 27.5 Å². The molecule has 0 aliphatic carbocycles. The van der Waals surface area contributed by atoms with Gasteiger partial charge in [-0.15, -0.1) is 0 Å². The highest BCUT2D eigenvalue weighted by atomic mass is 32.7. The van der Waals surface area contributed by atoms with Gasteiger partial charge in [-0.3, -0.25) is 33.2 Å². The average Bonchev–Trinajstić information content (AvgIpc) is 3.84. The molecule has 2 aliphatic heterocycles. The topological polar surface area (TPSA) is 264 Å². The number of nitrogens with zero attached hydrogens (tertiary/aromatic N) is 2. The Kier molecular flexibility index (Phi) is 18.1. The second kappa shape index (κ2) is 25.1. The number of rotatable bonds is 21. The fraction of sp³-hybridized carbons (Fsp3) is 0.310. The molecular formula is C58H61N4O17PSSi. The first-order chi connectivity index (χ1) is 39.2. The van der Waals surface area contributed by atoms with Crippen molar-refractivity contribution in [3.63, 3.8) is 0 Å². The van der Waals surface area contributed by atoms with E-state index >= 15 is 0 Å². The van der Waals surface area contributed by atoms with Gasteiger partial charge in [0.05, 0.1) is 31.5 Å². The van der Waals surface area contributed by atoms with E-state index < -0.39 is 116 Å². The lowest BCUT2D eigenvalue weighted by Crippen LogP contribution is -2.50. The molecule has 0 spiro atoms. The van der Waals surface area contributed by atoms with Gasteiger partial charge in [0, 0.05) is 24.5 Å². The van der Waals surface area contributed by atoms with Crippen molar-refractivity contribution in [2.24, 2.45) is 0 Å². The van der Waals surface area contributed by atoms with E-state index in [1.165, 1.54) is 30.5 Å². The molecule has 21 nitrogen and oxygen atoms in total. The molecule has 9 atom stereocenters. The van der Waals surface area contributed by atoms with Gasteiger partial charge < -0.3 is 41.9 Å². The van der Waals surface area contributed by atoms with Gasteiger partial charge in [-0.2, -0.15) is 0 Å². The number of hydrogen-bond acceptors (Lipinski definition) is 17. The van der Waals surface area contributed by atoms with Gasteiger partial charge in [0.15, 0.2) is 33.0 Å². The standard InChI is InChI=1S/C58H61N4O17PSSi/c1-57(2,3)82(5,6)79-50-48(43(74-52(50)62-34-32-46(64)60-56(62)68)35-72-58(39-23-15-9-16-24-39,40-25-17-10-18-26-40)41-27-29-42(71-4)30-28-41)78-80(69,70)81-73-36-44-47(76-53(65)37-19-11-7-12-20-37)49(77-54(66)38-21-13-8-14-22-38)51(75-44)61-33-31-45(63)59-55(61)67/h7-34,43-44,47-52H,35-36H2,1-6H3,(H,69,70)(H,59,63,67)(H,60,64,68)/t43-,44-,47-,48-,49-,50-,51-,52-/m1/s1. The number of methoxy groups -OCH3 is 1. The van der Waals surface area contributed by atoms with Gasteiger partial charge >= 0.3 is 30.1 Å². The fourth-order valence-corrected chi connectivity index (χ4v) is 12.6. The highest BCUT2D eigenvalue weighted by molar-refractivity contribution is 8.52. The highest BCUT2D eigenvalue weighted by Gasteiger charge is 2.56. The van der Waals surface area contributed by atoms with Crippen LogP contribution in [0.15, 0.2) is 189 Å². The summed E-state index contributed by atoms with van der Waals surface area (Å²) in [6, 6.07) is 44.0. The quantitative estimate of drug-likeness (QED) is 0.0203. The number of ether oxygens (including phenoxy) is 6. The smallest absolute Gasteiger partial charge is 0.413 e. The van der Waals surface area contributed by atoms with E-state index in [9.17, 15) is 38.2 Å².